The molecule has 1 saturated carbocycles. The molecule has 8 heteroatoms. The second-order valence-corrected chi connectivity index (χ2v) is 6.50. The van der Waals surface area contributed by atoms with Gasteiger partial charge < -0.3 is 15.4 Å². The largest absolute Gasteiger partial charge is 0.387 e. The summed E-state index contributed by atoms with van der Waals surface area (Å²) in [5.74, 6) is 2.21. The lowest BCUT2D eigenvalue weighted by Crippen LogP contribution is -2.49. The zero-order valence-corrected chi connectivity index (χ0v) is 14.3. The molecule has 0 amide bonds. The van der Waals surface area contributed by atoms with E-state index in [1.807, 2.05) is 6.07 Å². The Morgan fingerprint density at radius 2 is 2.17 bits per heavy atom. The van der Waals surface area contributed by atoms with Crippen molar-refractivity contribution in [1.82, 2.24) is 20.0 Å². The Hall–Kier alpha value is -1.93. The van der Waals surface area contributed by atoms with Crippen molar-refractivity contribution in [2.24, 2.45) is 10.7 Å². The van der Waals surface area contributed by atoms with Crippen LogP contribution in [0.15, 0.2) is 11.1 Å². The van der Waals surface area contributed by atoms with E-state index in [4.69, 9.17) is 15.9 Å². The first kappa shape index (κ1) is 16.9. The highest BCUT2D eigenvalue weighted by atomic mass is 16.5. The van der Waals surface area contributed by atoms with E-state index in [0.717, 1.165) is 45.0 Å². The summed E-state index contributed by atoms with van der Waals surface area (Å²) in [7, 11) is 1.72. The van der Waals surface area contributed by atoms with Gasteiger partial charge >= 0.3 is 0 Å². The summed E-state index contributed by atoms with van der Waals surface area (Å²) in [6, 6.07) is 1.96. The highest BCUT2D eigenvalue weighted by molar-refractivity contribution is 6.01. The first-order valence-electron chi connectivity index (χ1n) is 8.57. The molecule has 3 rings (SSSR count). The summed E-state index contributed by atoms with van der Waals surface area (Å²) in [5.41, 5.74) is 7.15. The van der Waals surface area contributed by atoms with Crippen LogP contribution in [0.1, 0.15) is 30.9 Å². The van der Waals surface area contributed by atoms with Gasteiger partial charge in [0.15, 0.2) is 5.82 Å². The van der Waals surface area contributed by atoms with Crippen molar-refractivity contribution >= 4 is 17.5 Å². The highest BCUT2D eigenvalue weighted by Crippen LogP contribution is 2.39. The maximum Gasteiger partial charge on any atom is 0.175 e. The lowest BCUT2D eigenvalue weighted by molar-refractivity contribution is 0.120. The molecule has 4 N–H and O–H groups in total. The van der Waals surface area contributed by atoms with E-state index in [2.05, 4.69) is 25.0 Å². The topological polar surface area (TPSA) is 107 Å². The predicted octanol–water partition coefficient (Wildman–Crippen LogP) is 0.907. The first-order valence-corrected chi connectivity index (χ1v) is 8.57. The molecule has 1 aromatic rings. The molecule has 2 aliphatic rings. The Morgan fingerprint density at radius 1 is 1.42 bits per heavy atom. The van der Waals surface area contributed by atoms with Crippen molar-refractivity contribution in [3.05, 3.63) is 11.8 Å². The standard InChI is InChI=1S/C16H27N7O/c1-24-9-8-22-4-6-23(7-5-22)15(18)11-14(17)19-16-10-13(20-21-16)12-2-3-12/h10,12,18H,2-9,11H2,1H3,(H3,17,19,20,21). The maximum absolute atomic E-state index is 8.26. The first-order chi connectivity index (χ1) is 11.7. The summed E-state index contributed by atoms with van der Waals surface area (Å²) < 4.78 is 5.11. The van der Waals surface area contributed by atoms with Gasteiger partial charge in [0.05, 0.1) is 13.0 Å². The van der Waals surface area contributed by atoms with E-state index in [1.165, 1.54) is 12.8 Å². The normalized spacial score (nSPS) is 19.7. The number of nitrogens with two attached hydrogens (primary N) is 1. The van der Waals surface area contributed by atoms with Gasteiger partial charge in [0.1, 0.15) is 11.7 Å². The number of rotatable bonds is 7. The van der Waals surface area contributed by atoms with E-state index < -0.39 is 0 Å². The number of hydrogen-bond donors (Lipinski definition) is 3. The van der Waals surface area contributed by atoms with Crippen molar-refractivity contribution in [2.45, 2.75) is 25.2 Å². The number of piperazine rings is 1. The van der Waals surface area contributed by atoms with E-state index in [9.17, 15) is 0 Å². The number of methoxy groups -OCH3 is 1. The second-order valence-electron chi connectivity index (χ2n) is 6.50. The molecular weight excluding hydrogens is 306 g/mol. The number of ether oxygens (including phenoxy) is 1. The van der Waals surface area contributed by atoms with Gasteiger partial charge in [0.2, 0.25) is 0 Å². The zero-order chi connectivity index (χ0) is 16.9. The minimum Gasteiger partial charge on any atom is -0.387 e. The number of aliphatic imine (C=N–C) groups is 1. The fourth-order valence-corrected chi connectivity index (χ4v) is 2.92. The van der Waals surface area contributed by atoms with Crippen molar-refractivity contribution < 1.29 is 4.74 Å². The van der Waals surface area contributed by atoms with Gasteiger partial charge in [-0.05, 0) is 12.8 Å². The van der Waals surface area contributed by atoms with Gasteiger partial charge in [0.25, 0.3) is 0 Å². The van der Waals surface area contributed by atoms with E-state index in [-0.39, 0.29) is 0 Å². The summed E-state index contributed by atoms with van der Waals surface area (Å²) in [6.07, 6.45) is 2.81. The molecule has 0 bridgehead atoms. The fourth-order valence-electron chi connectivity index (χ4n) is 2.92. The van der Waals surface area contributed by atoms with Crippen molar-refractivity contribution in [1.29, 1.82) is 5.41 Å². The van der Waals surface area contributed by atoms with Crippen LogP contribution in [0.2, 0.25) is 0 Å². The molecule has 132 valence electrons. The second kappa shape index (κ2) is 7.76. The monoisotopic (exact) mass is 333 g/mol. The molecule has 24 heavy (non-hydrogen) atoms. The summed E-state index contributed by atoms with van der Waals surface area (Å²) in [5, 5.41) is 15.5. The van der Waals surface area contributed by atoms with Crippen molar-refractivity contribution in [3.8, 4) is 0 Å². The molecular formula is C16H27N7O. The van der Waals surface area contributed by atoms with Crippen LogP contribution < -0.4 is 5.73 Å². The van der Waals surface area contributed by atoms with Crippen LogP contribution in [-0.4, -0.2) is 78.1 Å². The molecule has 0 unspecified atom stereocenters. The third-order valence-electron chi connectivity index (χ3n) is 4.57. The van der Waals surface area contributed by atoms with Crippen LogP contribution in [0.4, 0.5) is 5.82 Å². The van der Waals surface area contributed by atoms with Gasteiger partial charge in [-0.1, -0.05) is 0 Å². The molecule has 1 aromatic heterocycles. The minimum absolute atomic E-state index is 0.365. The molecule has 1 aliphatic carbocycles. The third kappa shape index (κ3) is 4.55. The van der Waals surface area contributed by atoms with Crippen LogP contribution in [0, 0.1) is 5.41 Å². The van der Waals surface area contributed by atoms with E-state index in [0.29, 0.717) is 29.8 Å². The molecule has 8 nitrogen and oxygen atoms in total. The van der Waals surface area contributed by atoms with Gasteiger partial charge in [-0.3, -0.25) is 15.4 Å². The number of nitrogens with one attached hydrogen (secondary N) is 2. The third-order valence-corrected chi connectivity index (χ3v) is 4.57. The summed E-state index contributed by atoms with van der Waals surface area (Å²) in [6.45, 7) is 5.31. The number of hydrogen-bond acceptors (Lipinski definition) is 5. The smallest absolute Gasteiger partial charge is 0.175 e. The number of aromatic nitrogens is 2. The molecule has 0 aromatic carbocycles. The Bertz CT molecular complexity index is 585. The Kier molecular flexibility index (Phi) is 5.47. The molecule has 2 heterocycles. The van der Waals surface area contributed by atoms with Crippen molar-refractivity contribution in [2.75, 3.05) is 46.4 Å². The zero-order valence-electron chi connectivity index (χ0n) is 14.3. The van der Waals surface area contributed by atoms with Crippen molar-refractivity contribution in [3.63, 3.8) is 0 Å². The van der Waals surface area contributed by atoms with Gasteiger partial charge in [0, 0.05) is 57.5 Å². The van der Waals surface area contributed by atoms with Crippen LogP contribution in [0.5, 0.6) is 0 Å². The average Bonchev–Trinajstić information content (AvgIpc) is 3.33. The van der Waals surface area contributed by atoms with E-state index in [1.54, 1.807) is 7.11 Å². The van der Waals surface area contributed by atoms with Crippen LogP contribution in [0.25, 0.3) is 0 Å². The summed E-state index contributed by atoms with van der Waals surface area (Å²) in [4.78, 5) is 8.77. The minimum atomic E-state index is 0.365. The van der Waals surface area contributed by atoms with Crippen LogP contribution >= 0.6 is 0 Å². The Morgan fingerprint density at radius 3 is 2.83 bits per heavy atom. The molecule has 0 spiro atoms. The average molecular weight is 333 g/mol. The number of nitrogens with zero attached hydrogens (tertiary/aromatic N) is 4. The molecule has 0 atom stereocenters. The maximum atomic E-state index is 8.26. The van der Waals surface area contributed by atoms with Gasteiger partial charge in [-0.25, -0.2) is 4.99 Å². The number of H-pyrrole nitrogens is 1. The number of aromatic amines is 1. The Labute approximate surface area is 142 Å². The quantitative estimate of drug-likeness (QED) is 0.508. The molecule has 1 aliphatic heterocycles. The molecule has 1 saturated heterocycles. The Balaban J connectivity index is 1.46. The van der Waals surface area contributed by atoms with Crippen LogP contribution in [0.3, 0.4) is 0 Å². The molecule has 0 radical (unpaired) electrons. The van der Waals surface area contributed by atoms with Gasteiger partial charge in [-0.15, -0.1) is 0 Å². The summed E-state index contributed by atoms with van der Waals surface area (Å²) >= 11 is 0. The van der Waals surface area contributed by atoms with Crippen LogP contribution in [-0.2, 0) is 4.74 Å². The fraction of sp³-hybridized carbons (Fsp3) is 0.688. The van der Waals surface area contributed by atoms with E-state index >= 15 is 0 Å². The predicted molar refractivity (Wildman–Crippen MR) is 94.1 cm³/mol. The highest BCUT2D eigenvalue weighted by Gasteiger charge is 2.25. The lowest BCUT2D eigenvalue weighted by atomic mass is 10.2. The number of amidine groups is 2. The molecule has 2 fully saturated rings. The van der Waals surface area contributed by atoms with Gasteiger partial charge in [-0.2, -0.15) is 5.10 Å². The lowest BCUT2D eigenvalue weighted by Gasteiger charge is -2.35. The SMILES string of the molecule is COCCN1CCN(C(=N)CC(N)=Nc2cc(C3CC3)[nH]n2)CC1.